The van der Waals surface area contributed by atoms with Gasteiger partial charge in [-0.25, -0.2) is 4.79 Å². The van der Waals surface area contributed by atoms with Crippen LogP contribution in [0, 0.1) is 0 Å². The third kappa shape index (κ3) is 7.61. The van der Waals surface area contributed by atoms with E-state index in [2.05, 4.69) is 4.74 Å². The zero-order chi connectivity index (χ0) is 11.0. The number of methoxy groups -OCH3 is 1. The zero-order valence-corrected chi connectivity index (χ0v) is 9.32. The van der Waals surface area contributed by atoms with E-state index in [0.717, 1.165) is 6.54 Å². The number of rotatable bonds is 6. The third-order valence-corrected chi connectivity index (χ3v) is 1.56. The molecule has 0 amide bonds. The minimum Gasteiger partial charge on any atom is -0.466 e. The van der Waals surface area contributed by atoms with Crippen molar-refractivity contribution < 1.29 is 14.3 Å². The number of carbonyl (C=O) groups is 1. The van der Waals surface area contributed by atoms with Gasteiger partial charge >= 0.3 is 5.97 Å². The van der Waals surface area contributed by atoms with Gasteiger partial charge in [0.05, 0.1) is 19.8 Å². The molecule has 0 radical (unpaired) electrons. The molecule has 14 heavy (non-hydrogen) atoms. The Morgan fingerprint density at radius 1 is 1.50 bits per heavy atom. The van der Waals surface area contributed by atoms with E-state index in [1.54, 1.807) is 6.20 Å². The number of esters is 1. The average molecular weight is 201 g/mol. The van der Waals surface area contributed by atoms with E-state index in [1.165, 1.54) is 13.2 Å². The van der Waals surface area contributed by atoms with Crippen LogP contribution in [0.2, 0.25) is 0 Å². The van der Waals surface area contributed by atoms with Gasteiger partial charge in [-0.15, -0.1) is 0 Å². The van der Waals surface area contributed by atoms with Crippen LogP contribution < -0.4 is 0 Å². The summed E-state index contributed by atoms with van der Waals surface area (Å²) in [5.41, 5.74) is 0. The number of ether oxygens (including phenoxy) is 2. The summed E-state index contributed by atoms with van der Waals surface area (Å²) in [5, 5.41) is 0. The second-order valence-electron chi connectivity index (χ2n) is 3.24. The van der Waals surface area contributed by atoms with Crippen LogP contribution in [0.4, 0.5) is 0 Å². The van der Waals surface area contributed by atoms with Crippen molar-refractivity contribution in [2.24, 2.45) is 0 Å². The van der Waals surface area contributed by atoms with Gasteiger partial charge in [0, 0.05) is 25.9 Å². The lowest BCUT2D eigenvalue weighted by Gasteiger charge is -2.14. The van der Waals surface area contributed by atoms with Crippen molar-refractivity contribution in [1.82, 2.24) is 4.90 Å². The van der Waals surface area contributed by atoms with Crippen LogP contribution >= 0.6 is 0 Å². The van der Waals surface area contributed by atoms with Crippen LogP contribution in [0.25, 0.3) is 0 Å². The molecule has 0 fully saturated rings. The van der Waals surface area contributed by atoms with E-state index in [1.807, 2.05) is 25.8 Å². The van der Waals surface area contributed by atoms with Crippen molar-refractivity contribution in [1.29, 1.82) is 0 Å². The Labute approximate surface area is 85.5 Å². The van der Waals surface area contributed by atoms with Gasteiger partial charge in [-0.2, -0.15) is 0 Å². The maximum atomic E-state index is 10.7. The first-order valence-electron chi connectivity index (χ1n) is 4.64. The van der Waals surface area contributed by atoms with Crippen molar-refractivity contribution in [2.75, 3.05) is 27.3 Å². The molecule has 0 saturated carbocycles. The van der Waals surface area contributed by atoms with Crippen LogP contribution in [-0.2, 0) is 14.3 Å². The standard InChI is InChI=1S/C10H19NO3/c1-9(2)14-8-7-11(3)6-5-10(12)13-4/h5-6,9H,7-8H2,1-4H3/b6-5+. The number of likely N-dealkylation sites (N-methyl/N-ethyl adjacent to an activating group) is 1. The molecule has 0 aromatic heterocycles. The number of hydrogen-bond donors (Lipinski definition) is 0. The Bertz CT molecular complexity index is 190. The molecule has 0 unspecified atom stereocenters. The summed E-state index contributed by atoms with van der Waals surface area (Å²) >= 11 is 0. The quantitative estimate of drug-likeness (QED) is 0.475. The Balaban J connectivity index is 3.59. The second kappa shape index (κ2) is 7.38. The number of nitrogens with zero attached hydrogens (tertiary/aromatic N) is 1. The van der Waals surface area contributed by atoms with Gasteiger partial charge in [0.25, 0.3) is 0 Å². The molecule has 0 aliphatic rings. The van der Waals surface area contributed by atoms with E-state index in [-0.39, 0.29) is 12.1 Å². The Morgan fingerprint density at radius 2 is 2.14 bits per heavy atom. The summed E-state index contributed by atoms with van der Waals surface area (Å²) < 4.78 is 9.81. The summed E-state index contributed by atoms with van der Waals surface area (Å²) in [6.07, 6.45) is 3.30. The van der Waals surface area contributed by atoms with Gasteiger partial charge < -0.3 is 14.4 Å². The maximum Gasteiger partial charge on any atom is 0.331 e. The highest BCUT2D eigenvalue weighted by Crippen LogP contribution is 1.90. The largest absolute Gasteiger partial charge is 0.466 e. The summed E-state index contributed by atoms with van der Waals surface area (Å²) in [6.45, 7) is 5.39. The average Bonchev–Trinajstić information content (AvgIpc) is 2.13. The van der Waals surface area contributed by atoms with Crippen molar-refractivity contribution >= 4 is 5.97 Å². The van der Waals surface area contributed by atoms with E-state index in [9.17, 15) is 4.79 Å². The zero-order valence-electron chi connectivity index (χ0n) is 9.32. The monoisotopic (exact) mass is 201 g/mol. The molecular formula is C10H19NO3. The predicted octanol–water partition coefficient (Wildman–Crippen LogP) is 1.03. The molecule has 4 heteroatoms. The van der Waals surface area contributed by atoms with Crippen LogP contribution in [0.5, 0.6) is 0 Å². The molecule has 0 aromatic carbocycles. The van der Waals surface area contributed by atoms with Crippen molar-refractivity contribution in [3.63, 3.8) is 0 Å². The molecule has 0 N–H and O–H groups in total. The third-order valence-electron chi connectivity index (χ3n) is 1.56. The lowest BCUT2D eigenvalue weighted by molar-refractivity contribution is -0.134. The van der Waals surface area contributed by atoms with Gasteiger partial charge in [-0.1, -0.05) is 0 Å². The summed E-state index contributed by atoms with van der Waals surface area (Å²) in [4.78, 5) is 12.6. The molecule has 82 valence electrons. The number of carbonyl (C=O) groups excluding carboxylic acids is 1. The van der Waals surface area contributed by atoms with Crippen molar-refractivity contribution in [3.8, 4) is 0 Å². The van der Waals surface area contributed by atoms with Crippen LogP contribution in [0.1, 0.15) is 13.8 Å². The van der Waals surface area contributed by atoms with E-state index < -0.39 is 0 Å². The first kappa shape index (κ1) is 13.0. The van der Waals surface area contributed by atoms with Gasteiger partial charge in [0.15, 0.2) is 0 Å². The first-order valence-corrected chi connectivity index (χ1v) is 4.64. The lowest BCUT2D eigenvalue weighted by atomic mass is 10.5. The van der Waals surface area contributed by atoms with Crippen molar-refractivity contribution in [3.05, 3.63) is 12.3 Å². The van der Waals surface area contributed by atoms with E-state index in [0.29, 0.717) is 6.61 Å². The van der Waals surface area contributed by atoms with Crippen molar-refractivity contribution in [2.45, 2.75) is 20.0 Å². The molecule has 4 nitrogen and oxygen atoms in total. The highest BCUT2D eigenvalue weighted by atomic mass is 16.5. The molecule has 0 bridgehead atoms. The molecular weight excluding hydrogens is 182 g/mol. The topological polar surface area (TPSA) is 38.8 Å². The normalized spacial score (nSPS) is 10.9. The minimum atomic E-state index is -0.346. The molecule has 0 saturated heterocycles. The molecule has 0 rings (SSSR count). The summed E-state index contributed by atoms with van der Waals surface area (Å²) in [7, 11) is 3.23. The predicted molar refractivity (Wildman–Crippen MR) is 54.9 cm³/mol. The molecule has 0 heterocycles. The summed E-state index contributed by atoms with van der Waals surface area (Å²) in [6, 6.07) is 0. The Hall–Kier alpha value is -1.03. The van der Waals surface area contributed by atoms with Crippen LogP contribution in [0.15, 0.2) is 12.3 Å². The van der Waals surface area contributed by atoms with Gasteiger partial charge in [0.1, 0.15) is 0 Å². The summed E-state index contributed by atoms with van der Waals surface area (Å²) in [5.74, 6) is -0.346. The number of hydrogen-bond acceptors (Lipinski definition) is 4. The first-order chi connectivity index (χ1) is 6.56. The fourth-order valence-corrected chi connectivity index (χ4v) is 0.763. The Morgan fingerprint density at radius 3 is 2.64 bits per heavy atom. The van der Waals surface area contributed by atoms with E-state index >= 15 is 0 Å². The van der Waals surface area contributed by atoms with Crippen LogP contribution in [-0.4, -0.2) is 44.3 Å². The molecule has 0 aromatic rings. The van der Waals surface area contributed by atoms with Gasteiger partial charge in [-0.05, 0) is 13.8 Å². The van der Waals surface area contributed by atoms with Gasteiger partial charge in [0.2, 0.25) is 0 Å². The molecule has 0 spiro atoms. The Kier molecular flexibility index (Phi) is 6.84. The SMILES string of the molecule is COC(=O)/C=C/N(C)CCOC(C)C. The lowest BCUT2D eigenvalue weighted by Crippen LogP contribution is -2.19. The van der Waals surface area contributed by atoms with E-state index in [4.69, 9.17) is 4.74 Å². The maximum absolute atomic E-state index is 10.7. The molecule has 0 atom stereocenters. The van der Waals surface area contributed by atoms with Gasteiger partial charge in [-0.3, -0.25) is 0 Å². The van der Waals surface area contributed by atoms with Crippen LogP contribution in [0.3, 0.4) is 0 Å². The minimum absolute atomic E-state index is 0.244. The molecule has 0 aliphatic heterocycles. The fraction of sp³-hybridized carbons (Fsp3) is 0.700. The fourth-order valence-electron chi connectivity index (χ4n) is 0.763. The second-order valence-corrected chi connectivity index (χ2v) is 3.24. The smallest absolute Gasteiger partial charge is 0.331 e. The molecule has 0 aliphatic carbocycles. The highest BCUT2D eigenvalue weighted by molar-refractivity contribution is 5.81. The highest BCUT2D eigenvalue weighted by Gasteiger charge is 1.96.